The lowest BCUT2D eigenvalue weighted by molar-refractivity contribution is -0.145. The summed E-state index contributed by atoms with van der Waals surface area (Å²) in [5.41, 5.74) is -1.65. The number of rotatable bonds is 2. The standard InChI is InChI=1S/C22H38N2O4/c1-19(2,3)15-13-27-21(7,8)23(15)17(25)11-12-18(26)24-16(20(4,5)6)14-28-22(24,9)10/h11-12,15-16H,13-14H2,1-10H3/b12-11-/t15-,16-/m1/s1. The van der Waals surface area contributed by atoms with Gasteiger partial charge in [0.05, 0.1) is 25.3 Å². The molecule has 0 unspecified atom stereocenters. The SMILES string of the molecule is CC(C)(C)[C@H]1COC(C)(C)N1C(=O)/C=C\C(=O)N1[C@@H](C(C)(C)C)COC1(C)C. The van der Waals surface area contributed by atoms with Crippen molar-refractivity contribution >= 4 is 11.8 Å². The average Bonchev–Trinajstić information content (AvgIpc) is 2.99. The molecule has 2 fully saturated rings. The first kappa shape index (κ1) is 22.9. The molecule has 2 amide bonds. The van der Waals surface area contributed by atoms with Gasteiger partial charge in [-0.1, -0.05) is 41.5 Å². The highest BCUT2D eigenvalue weighted by Crippen LogP contribution is 2.38. The summed E-state index contributed by atoms with van der Waals surface area (Å²) in [4.78, 5) is 29.6. The lowest BCUT2D eigenvalue weighted by Gasteiger charge is -2.39. The number of carbonyl (C=O) groups is 2. The van der Waals surface area contributed by atoms with Crippen LogP contribution in [0.5, 0.6) is 0 Å². The average molecular weight is 395 g/mol. The highest BCUT2D eigenvalue weighted by molar-refractivity contribution is 5.97. The van der Waals surface area contributed by atoms with E-state index in [1.807, 2.05) is 27.7 Å². The van der Waals surface area contributed by atoms with Gasteiger partial charge in [-0.05, 0) is 38.5 Å². The van der Waals surface area contributed by atoms with Crippen LogP contribution in [0, 0.1) is 10.8 Å². The topological polar surface area (TPSA) is 59.1 Å². The number of carbonyl (C=O) groups excluding carboxylic acids is 2. The lowest BCUT2D eigenvalue weighted by atomic mass is 9.86. The molecule has 28 heavy (non-hydrogen) atoms. The Morgan fingerprint density at radius 1 is 0.750 bits per heavy atom. The van der Waals surface area contributed by atoms with E-state index in [-0.39, 0.29) is 34.7 Å². The maximum absolute atomic E-state index is 13.0. The van der Waals surface area contributed by atoms with Crippen LogP contribution in [0.25, 0.3) is 0 Å². The summed E-state index contributed by atoms with van der Waals surface area (Å²) in [5, 5.41) is 0. The van der Waals surface area contributed by atoms with Gasteiger partial charge in [-0.3, -0.25) is 9.59 Å². The van der Waals surface area contributed by atoms with Crippen LogP contribution in [-0.2, 0) is 19.1 Å². The summed E-state index contributed by atoms with van der Waals surface area (Å²) in [6.45, 7) is 21.1. The quantitative estimate of drug-likeness (QED) is 0.672. The van der Waals surface area contributed by atoms with Crippen LogP contribution in [-0.4, -0.2) is 58.4 Å². The second kappa shape index (κ2) is 7.13. The summed E-state index contributed by atoms with van der Waals surface area (Å²) >= 11 is 0. The number of nitrogens with zero attached hydrogens (tertiary/aromatic N) is 2. The summed E-state index contributed by atoms with van der Waals surface area (Å²) in [7, 11) is 0. The molecule has 2 atom stereocenters. The minimum atomic E-state index is -0.702. The van der Waals surface area contributed by atoms with E-state index in [1.54, 1.807) is 9.80 Å². The Hall–Kier alpha value is -1.40. The molecular weight excluding hydrogens is 356 g/mol. The van der Waals surface area contributed by atoms with Gasteiger partial charge < -0.3 is 19.3 Å². The van der Waals surface area contributed by atoms with Crippen molar-refractivity contribution in [3.05, 3.63) is 12.2 Å². The van der Waals surface area contributed by atoms with E-state index in [0.29, 0.717) is 13.2 Å². The Kier molecular flexibility index (Phi) is 5.83. The normalized spacial score (nSPS) is 27.6. The maximum atomic E-state index is 13.0. The predicted octanol–water partition coefficient (Wildman–Crippen LogP) is 3.56. The van der Waals surface area contributed by atoms with E-state index in [2.05, 4.69) is 41.5 Å². The highest BCUT2D eigenvalue weighted by Gasteiger charge is 2.49. The zero-order valence-electron chi connectivity index (χ0n) is 19.3. The molecule has 0 N–H and O–H groups in total. The van der Waals surface area contributed by atoms with Gasteiger partial charge in [0, 0.05) is 12.2 Å². The van der Waals surface area contributed by atoms with Crippen LogP contribution >= 0.6 is 0 Å². The van der Waals surface area contributed by atoms with Crippen LogP contribution < -0.4 is 0 Å². The highest BCUT2D eigenvalue weighted by atomic mass is 16.5. The van der Waals surface area contributed by atoms with Gasteiger partial charge in [0.1, 0.15) is 11.4 Å². The van der Waals surface area contributed by atoms with Crippen molar-refractivity contribution in [2.45, 2.75) is 92.8 Å². The molecule has 0 aromatic carbocycles. The summed E-state index contributed by atoms with van der Waals surface area (Å²) < 4.78 is 11.7. The lowest BCUT2D eigenvalue weighted by Crippen LogP contribution is -2.52. The van der Waals surface area contributed by atoms with Crippen molar-refractivity contribution in [2.75, 3.05) is 13.2 Å². The minimum Gasteiger partial charge on any atom is -0.354 e. The maximum Gasteiger partial charge on any atom is 0.249 e. The Morgan fingerprint density at radius 3 is 1.29 bits per heavy atom. The van der Waals surface area contributed by atoms with E-state index in [1.165, 1.54) is 12.2 Å². The van der Waals surface area contributed by atoms with Gasteiger partial charge in [-0.15, -0.1) is 0 Å². The molecule has 2 aliphatic rings. The molecule has 2 saturated heterocycles. The number of ether oxygens (including phenoxy) is 2. The van der Waals surface area contributed by atoms with E-state index in [4.69, 9.17) is 9.47 Å². The van der Waals surface area contributed by atoms with E-state index >= 15 is 0 Å². The number of hydrogen-bond acceptors (Lipinski definition) is 4. The molecule has 160 valence electrons. The van der Waals surface area contributed by atoms with Crippen molar-refractivity contribution in [1.29, 1.82) is 0 Å². The van der Waals surface area contributed by atoms with Crippen LogP contribution in [0.2, 0.25) is 0 Å². The van der Waals surface area contributed by atoms with E-state index in [0.717, 1.165) is 0 Å². The number of hydrogen-bond donors (Lipinski definition) is 0. The van der Waals surface area contributed by atoms with Crippen molar-refractivity contribution < 1.29 is 19.1 Å². The van der Waals surface area contributed by atoms with Gasteiger partial charge >= 0.3 is 0 Å². The van der Waals surface area contributed by atoms with Crippen LogP contribution in [0.4, 0.5) is 0 Å². The van der Waals surface area contributed by atoms with Gasteiger partial charge in [0.2, 0.25) is 11.8 Å². The van der Waals surface area contributed by atoms with Crippen molar-refractivity contribution in [2.24, 2.45) is 10.8 Å². The third-order valence-corrected chi connectivity index (χ3v) is 5.82. The van der Waals surface area contributed by atoms with Crippen molar-refractivity contribution in [3.8, 4) is 0 Å². The van der Waals surface area contributed by atoms with Crippen LogP contribution in [0.15, 0.2) is 12.2 Å². The fourth-order valence-corrected chi connectivity index (χ4v) is 4.02. The van der Waals surface area contributed by atoms with Crippen LogP contribution in [0.1, 0.15) is 69.2 Å². The second-order valence-corrected chi connectivity index (χ2v) is 11.0. The largest absolute Gasteiger partial charge is 0.354 e. The third kappa shape index (κ3) is 4.43. The van der Waals surface area contributed by atoms with Crippen molar-refractivity contribution in [3.63, 3.8) is 0 Å². The molecule has 0 aromatic rings. The molecule has 6 nitrogen and oxygen atoms in total. The Bertz CT molecular complexity index is 596. The van der Waals surface area contributed by atoms with Crippen molar-refractivity contribution in [1.82, 2.24) is 9.80 Å². The Morgan fingerprint density at radius 2 is 1.04 bits per heavy atom. The molecule has 0 radical (unpaired) electrons. The molecule has 2 rings (SSSR count). The molecule has 0 bridgehead atoms. The molecule has 0 aliphatic carbocycles. The Balaban J connectivity index is 2.24. The Labute approximate surface area is 170 Å². The molecule has 2 heterocycles. The fraction of sp³-hybridized carbons (Fsp3) is 0.818. The fourth-order valence-electron chi connectivity index (χ4n) is 4.02. The smallest absolute Gasteiger partial charge is 0.249 e. The predicted molar refractivity (Wildman–Crippen MR) is 109 cm³/mol. The first-order valence-corrected chi connectivity index (χ1v) is 10.1. The first-order valence-electron chi connectivity index (χ1n) is 10.1. The van der Waals surface area contributed by atoms with Gasteiger partial charge in [0.15, 0.2) is 0 Å². The molecule has 0 saturated carbocycles. The van der Waals surface area contributed by atoms with Gasteiger partial charge in [0.25, 0.3) is 0 Å². The molecule has 0 aromatic heterocycles. The number of amides is 2. The monoisotopic (exact) mass is 394 g/mol. The van der Waals surface area contributed by atoms with E-state index < -0.39 is 11.4 Å². The zero-order chi connectivity index (χ0) is 21.7. The molecule has 2 aliphatic heterocycles. The van der Waals surface area contributed by atoms with Crippen LogP contribution in [0.3, 0.4) is 0 Å². The first-order chi connectivity index (χ1) is 12.5. The third-order valence-electron chi connectivity index (χ3n) is 5.82. The minimum absolute atomic E-state index is 0.0522. The summed E-state index contributed by atoms with van der Waals surface area (Å²) in [5.74, 6) is -0.415. The summed E-state index contributed by atoms with van der Waals surface area (Å²) in [6.07, 6.45) is 2.76. The second-order valence-electron chi connectivity index (χ2n) is 11.0. The molecule has 6 heteroatoms. The van der Waals surface area contributed by atoms with E-state index in [9.17, 15) is 9.59 Å². The summed E-state index contributed by atoms with van der Waals surface area (Å²) in [6, 6.07) is -0.104. The molecule has 0 spiro atoms. The van der Waals surface area contributed by atoms with Gasteiger partial charge in [-0.25, -0.2) is 0 Å². The zero-order valence-corrected chi connectivity index (χ0v) is 19.3. The van der Waals surface area contributed by atoms with Gasteiger partial charge in [-0.2, -0.15) is 0 Å². The molecular formula is C22H38N2O4.